The first-order chi connectivity index (χ1) is 7.75. The number of hydrogen-bond acceptors (Lipinski definition) is 2. The van der Waals surface area contributed by atoms with Crippen molar-refractivity contribution in [2.24, 2.45) is 5.92 Å². The fourth-order valence-corrected chi connectivity index (χ4v) is 2.52. The minimum atomic E-state index is -0.191. The van der Waals surface area contributed by atoms with Gasteiger partial charge in [0.15, 0.2) is 0 Å². The lowest BCUT2D eigenvalue weighted by Crippen LogP contribution is -2.34. The molecular formula is C13H18BrNO. The van der Waals surface area contributed by atoms with Crippen LogP contribution in [0.3, 0.4) is 0 Å². The SMILES string of the molecule is OC(Cc1ccc(Br)cc1)C1CCNCC1. The zero-order valence-electron chi connectivity index (χ0n) is 9.32. The van der Waals surface area contributed by atoms with E-state index >= 15 is 0 Å². The molecule has 3 heteroatoms. The Kier molecular flexibility index (Phi) is 4.38. The maximum atomic E-state index is 10.2. The van der Waals surface area contributed by atoms with E-state index < -0.39 is 0 Å². The first-order valence-corrected chi connectivity index (χ1v) is 6.68. The van der Waals surface area contributed by atoms with Crippen LogP contribution in [0.2, 0.25) is 0 Å². The van der Waals surface area contributed by atoms with Crippen molar-refractivity contribution in [1.82, 2.24) is 5.32 Å². The largest absolute Gasteiger partial charge is 0.392 e. The van der Waals surface area contributed by atoms with Crippen molar-refractivity contribution in [1.29, 1.82) is 0 Å². The van der Waals surface area contributed by atoms with Crippen LogP contribution in [-0.4, -0.2) is 24.3 Å². The van der Waals surface area contributed by atoms with E-state index in [1.54, 1.807) is 0 Å². The monoisotopic (exact) mass is 283 g/mol. The minimum Gasteiger partial charge on any atom is -0.392 e. The lowest BCUT2D eigenvalue weighted by Gasteiger charge is -2.27. The maximum Gasteiger partial charge on any atom is 0.0609 e. The van der Waals surface area contributed by atoms with Gasteiger partial charge in [0.2, 0.25) is 0 Å². The Morgan fingerprint density at radius 1 is 1.25 bits per heavy atom. The third-order valence-electron chi connectivity index (χ3n) is 3.29. The van der Waals surface area contributed by atoms with Crippen LogP contribution in [0.4, 0.5) is 0 Å². The van der Waals surface area contributed by atoms with Crippen molar-refractivity contribution >= 4 is 15.9 Å². The molecule has 2 N–H and O–H groups in total. The first-order valence-electron chi connectivity index (χ1n) is 5.89. The number of halogens is 1. The molecule has 0 aromatic heterocycles. The molecule has 1 aromatic carbocycles. The molecule has 1 aliphatic heterocycles. The van der Waals surface area contributed by atoms with Crippen LogP contribution in [0.5, 0.6) is 0 Å². The highest BCUT2D eigenvalue weighted by molar-refractivity contribution is 9.10. The Morgan fingerprint density at radius 2 is 1.88 bits per heavy atom. The molecule has 2 rings (SSSR count). The summed E-state index contributed by atoms with van der Waals surface area (Å²) in [5.74, 6) is 0.463. The fraction of sp³-hybridized carbons (Fsp3) is 0.538. The van der Waals surface area contributed by atoms with Gasteiger partial charge in [-0.05, 0) is 56.0 Å². The molecule has 88 valence electrons. The maximum absolute atomic E-state index is 10.2. The summed E-state index contributed by atoms with van der Waals surface area (Å²) in [6.07, 6.45) is 2.77. The van der Waals surface area contributed by atoms with Gasteiger partial charge in [-0.15, -0.1) is 0 Å². The molecule has 0 amide bonds. The minimum absolute atomic E-state index is 0.191. The quantitative estimate of drug-likeness (QED) is 0.893. The predicted octanol–water partition coefficient (Wildman–Crippen LogP) is 2.35. The lowest BCUT2D eigenvalue weighted by molar-refractivity contribution is 0.0891. The second-order valence-electron chi connectivity index (χ2n) is 4.49. The van der Waals surface area contributed by atoms with Gasteiger partial charge in [0, 0.05) is 4.47 Å². The smallest absolute Gasteiger partial charge is 0.0609 e. The summed E-state index contributed by atoms with van der Waals surface area (Å²) in [5, 5.41) is 13.5. The summed E-state index contributed by atoms with van der Waals surface area (Å²) in [6.45, 7) is 2.09. The highest BCUT2D eigenvalue weighted by Gasteiger charge is 2.21. The average Bonchev–Trinajstić information content (AvgIpc) is 2.33. The molecule has 1 fully saturated rings. The number of aliphatic hydroxyl groups is 1. The number of piperidine rings is 1. The molecule has 0 saturated carbocycles. The second-order valence-corrected chi connectivity index (χ2v) is 5.40. The highest BCUT2D eigenvalue weighted by atomic mass is 79.9. The number of hydrogen-bond donors (Lipinski definition) is 2. The standard InChI is InChI=1S/C13H18BrNO/c14-12-3-1-10(2-4-12)9-13(16)11-5-7-15-8-6-11/h1-4,11,13,15-16H,5-9H2. The molecule has 0 aliphatic carbocycles. The molecule has 1 aromatic rings. The third kappa shape index (κ3) is 3.30. The summed E-state index contributed by atoms with van der Waals surface area (Å²) >= 11 is 3.42. The van der Waals surface area contributed by atoms with Gasteiger partial charge < -0.3 is 10.4 Å². The van der Waals surface area contributed by atoms with Gasteiger partial charge >= 0.3 is 0 Å². The number of aliphatic hydroxyl groups excluding tert-OH is 1. The first kappa shape index (κ1) is 12.1. The molecule has 0 bridgehead atoms. The van der Waals surface area contributed by atoms with Crippen molar-refractivity contribution < 1.29 is 5.11 Å². The Morgan fingerprint density at radius 3 is 2.50 bits per heavy atom. The lowest BCUT2D eigenvalue weighted by atomic mass is 9.89. The summed E-state index contributed by atoms with van der Waals surface area (Å²) in [7, 11) is 0. The van der Waals surface area contributed by atoms with Crippen LogP contribution in [0.15, 0.2) is 28.7 Å². The van der Waals surface area contributed by atoms with E-state index in [-0.39, 0.29) is 6.10 Å². The molecule has 1 aliphatic rings. The summed E-state index contributed by atoms with van der Waals surface area (Å²) in [6, 6.07) is 8.22. The van der Waals surface area contributed by atoms with E-state index in [0.717, 1.165) is 36.8 Å². The van der Waals surface area contributed by atoms with Crippen molar-refractivity contribution in [3.8, 4) is 0 Å². The van der Waals surface area contributed by atoms with Crippen molar-refractivity contribution in [3.63, 3.8) is 0 Å². The Bertz CT molecular complexity index is 319. The number of rotatable bonds is 3. The Labute approximate surface area is 105 Å². The van der Waals surface area contributed by atoms with Gasteiger partial charge in [0.05, 0.1) is 6.10 Å². The van der Waals surface area contributed by atoms with Gasteiger partial charge in [-0.1, -0.05) is 28.1 Å². The molecule has 0 radical (unpaired) electrons. The molecule has 1 atom stereocenters. The van der Waals surface area contributed by atoms with Crippen LogP contribution in [0.1, 0.15) is 18.4 Å². The van der Waals surface area contributed by atoms with E-state index in [0.29, 0.717) is 5.92 Å². The van der Waals surface area contributed by atoms with Crippen LogP contribution >= 0.6 is 15.9 Å². The molecule has 16 heavy (non-hydrogen) atoms. The zero-order valence-corrected chi connectivity index (χ0v) is 10.9. The summed E-state index contributed by atoms with van der Waals surface area (Å²) in [5.41, 5.74) is 1.22. The van der Waals surface area contributed by atoms with Crippen LogP contribution in [0, 0.1) is 5.92 Å². The van der Waals surface area contributed by atoms with Gasteiger partial charge in [-0.3, -0.25) is 0 Å². The van der Waals surface area contributed by atoms with Gasteiger partial charge in [0.1, 0.15) is 0 Å². The molecule has 2 nitrogen and oxygen atoms in total. The molecular weight excluding hydrogens is 266 g/mol. The number of benzene rings is 1. The third-order valence-corrected chi connectivity index (χ3v) is 3.81. The predicted molar refractivity (Wildman–Crippen MR) is 69.4 cm³/mol. The van der Waals surface area contributed by atoms with Crippen molar-refractivity contribution in [3.05, 3.63) is 34.3 Å². The van der Waals surface area contributed by atoms with Crippen LogP contribution < -0.4 is 5.32 Å². The topological polar surface area (TPSA) is 32.3 Å². The van der Waals surface area contributed by atoms with Gasteiger partial charge in [-0.2, -0.15) is 0 Å². The molecule has 1 saturated heterocycles. The highest BCUT2D eigenvalue weighted by Crippen LogP contribution is 2.20. The summed E-state index contributed by atoms with van der Waals surface area (Å²) < 4.78 is 1.09. The van der Waals surface area contributed by atoms with E-state index in [1.165, 1.54) is 5.56 Å². The van der Waals surface area contributed by atoms with E-state index in [9.17, 15) is 5.11 Å². The van der Waals surface area contributed by atoms with Crippen molar-refractivity contribution in [2.45, 2.75) is 25.4 Å². The average molecular weight is 284 g/mol. The Hall–Kier alpha value is -0.380. The summed E-state index contributed by atoms with van der Waals surface area (Å²) in [4.78, 5) is 0. The molecule has 1 unspecified atom stereocenters. The number of nitrogens with one attached hydrogen (secondary N) is 1. The molecule has 1 heterocycles. The fourth-order valence-electron chi connectivity index (χ4n) is 2.26. The van der Waals surface area contributed by atoms with E-state index in [2.05, 4.69) is 33.4 Å². The van der Waals surface area contributed by atoms with Crippen molar-refractivity contribution in [2.75, 3.05) is 13.1 Å². The second kappa shape index (κ2) is 5.80. The van der Waals surface area contributed by atoms with E-state index in [1.807, 2.05) is 12.1 Å². The van der Waals surface area contributed by atoms with Gasteiger partial charge in [0.25, 0.3) is 0 Å². The van der Waals surface area contributed by atoms with Crippen LogP contribution in [0.25, 0.3) is 0 Å². The molecule has 0 spiro atoms. The zero-order chi connectivity index (χ0) is 11.4. The normalized spacial score (nSPS) is 19.6. The van der Waals surface area contributed by atoms with Gasteiger partial charge in [-0.25, -0.2) is 0 Å². The van der Waals surface area contributed by atoms with E-state index in [4.69, 9.17) is 0 Å². The Balaban J connectivity index is 1.90. The van der Waals surface area contributed by atoms with Crippen LogP contribution in [-0.2, 0) is 6.42 Å².